The monoisotopic (exact) mass is 742 g/mol. The molecule has 0 aliphatic carbocycles. The number of rotatable bonds is 5. The number of hydrogen-bond acceptors (Lipinski definition) is 5. The van der Waals surface area contributed by atoms with Gasteiger partial charge in [0.2, 0.25) is 0 Å². The highest BCUT2D eigenvalue weighted by atomic mass is 35.5. The molecule has 0 atom stereocenters. The summed E-state index contributed by atoms with van der Waals surface area (Å²) in [6.45, 7) is 26.4. The van der Waals surface area contributed by atoms with E-state index in [1.807, 2.05) is 51.4 Å². The molecular weight excluding hydrogens is 688 g/mol. The molecule has 0 bridgehead atoms. The highest BCUT2D eigenvalue weighted by molar-refractivity contribution is 7.19. The molecule has 6 heteroatoms. The van der Waals surface area contributed by atoms with Crippen molar-refractivity contribution in [2.75, 3.05) is 0 Å². The summed E-state index contributed by atoms with van der Waals surface area (Å²) in [5, 5.41) is 5.70. The van der Waals surface area contributed by atoms with Crippen LogP contribution in [0.1, 0.15) is 134 Å². The Labute approximate surface area is 311 Å². The Kier molecular flexibility index (Phi) is 18.8. The van der Waals surface area contributed by atoms with E-state index in [9.17, 15) is 0 Å². The van der Waals surface area contributed by atoms with Crippen LogP contribution in [-0.2, 0) is 0 Å². The number of thiophene rings is 5. The van der Waals surface area contributed by atoms with E-state index in [0.29, 0.717) is 29.6 Å². The summed E-state index contributed by atoms with van der Waals surface area (Å²) < 4.78 is 2.29. The summed E-state index contributed by atoms with van der Waals surface area (Å²) in [7, 11) is 0. The van der Waals surface area contributed by atoms with Crippen molar-refractivity contribution in [3.05, 3.63) is 123 Å². The van der Waals surface area contributed by atoms with E-state index in [2.05, 4.69) is 161 Å². The fraction of sp³-hybridized carbons (Fsp3) is 0.415. The van der Waals surface area contributed by atoms with E-state index < -0.39 is 0 Å². The molecule has 0 nitrogen and oxygen atoms in total. The molecule has 0 aliphatic heterocycles. The quantitative estimate of drug-likeness (QED) is 0.165. The molecule has 6 rings (SSSR count). The molecule has 256 valence electrons. The minimum absolute atomic E-state index is 0.613. The minimum Gasteiger partial charge on any atom is -0.149 e. The molecule has 0 unspecified atom stereocenters. The van der Waals surface area contributed by atoms with Crippen molar-refractivity contribution in [1.29, 1.82) is 0 Å². The summed E-state index contributed by atoms with van der Waals surface area (Å²) in [4.78, 5) is 8.72. The molecule has 0 amide bonds. The van der Waals surface area contributed by atoms with Gasteiger partial charge in [-0.25, -0.2) is 0 Å². The smallest absolute Gasteiger partial charge is 0.0931 e. The van der Waals surface area contributed by atoms with Crippen molar-refractivity contribution in [3.8, 4) is 0 Å². The van der Waals surface area contributed by atoms with E-state index in [1.54, 1.807) is 11.3 Å². The van der Waals surface area contributed by atoms with Gasteiger partial charge in [0.25, 0.3) is 0 Å². The Hall–Kier alpha value is -1.73. The molecule has 0 N–H and O–H groups in total. The normalized spacial score (nSPS) is 10.8. The molecule has 6 aromatic rings. The van der Waals surface area contributed by atoms with Gasteiger partial charge >= 0.3 is 0 Å². The van der Waals surface area contributed by atoms with E-state index in [1.165, 1.54) is 44.9 Å². The average Bonchev–Trinajstić information content (AvgIpc) is 3.85. The molecular formula is C41H55ClS5. The van der Waals surface area contributed by atoms with E-state index >= 15 is 0 Å². The van der Waals surface area contributed by atoms with Crippen molar-refractivity contribution >= 4 is 78.4 Å². The van der Waals surface area contributed by atoms with Crippen LogP contribution in [0.2, 0.25) is 4.34 Å². The lowest BCUT2D eigenvalue weighted by molar-refractivity contribution is 0.889. The number of hydrogen-bond donors (Lipinski definition) is 0. The molecule has 0 aliphatic rings. The lowest BCUT2D eigenvalue weighted by Gasteiger charge is -1.96. The van der Waals surface area contributed by atoms with Crippen molar-refractivity contribution < 1.29 is 0 Å². The Balaban J connectivity index is 0.000000206. The van der Waals surface area contributed by atoms with Crippen molar-refractivity contribution in [2.45, 2.75) is 113 Å². The van der Waals surface area contributed by atoms with Gasteiger partial charge in [0, 0.05) is 34.0 Å². The van der Waals surface area contributed by atoms with Crippen LogP contribution in [0.15, 0.2) is 83.6 Å². The van der Waals surface area contributed by atoms with Gasteiger partial charge in [-0.15, -0.1) is 56.7 Å². The maximum Gasteiger partial charge on any atom is 0.0931 e. The maximum absolute atomic E-state index is 5.72. The zero-order valence-electron chi connectivity index (χ0n) is 30.4. The van der Waals surface area contributed by atoms with Crippen LogP contribution in [0.4, 0.5) is 0 Å². The largest absolute Gasteiger partial charge is 0.149 e. The number of halogens is 1. The summed E-state index contributed by atoms with van der Waals surface area (Å²) in [5.74, 6) is 3.37. The zero-order chi connectivity index (χ0) is 35.1. The van der Waals surface area contributed by atoms with Crippen LogP contribution in [0, 0.1) is 13.8 Å². The average molecular weight is 744 g/mol. The molecule has 47 heavy (non-hydrogen) atoms. The van der Waals surface area contributed by atoms with E-state index in [4.69, 9.17) is 11.6 Å². The maximum atomic E-state index is 5.72. The lowest BCUT2D eigenvalue weighted by atomic mass is 10.1. The Morgan fingerprint density at radius 3 is 1.40 bits per heavy atom. The van der Waals surface area contributed by atoms with Gasteiger partial charge in [0.15, 0.2) is 0 Å². The summed E-state index contributed by atoms with van der Waals surface area (Å²) in [5.41, 5.74) is 1.39. The van der Waals surface area contributed by atoms with Crippen LogP contribution < -0.4 is 0 Å². The molecule has 5 heterocycles. The zero-order valence-corrected chi connectivity index (χ0v) is 35.2. The third kappa shape index (κ3) is 15.6. The van der Waals surface area contributed by atoms with E-state index in [-0.39, 0.29) is 0 Å². The standard InChI is InChI=1S/C11H12S.2C8H12S.C7H9ClS.C7H10S/c1-8(2)11-7-9-5-3-4-6-10(9)12-11;1-6(2)8-4-7(3)5-9-8;1-6(2)8-5-4-7(3)9-8;1-5(2)6-3-4-7(8)9-6;1-6(2)7-4-3-5-8-7/h3-8H,1-2H3;2*4-6H,1-3H3;3-5H,1-2H3;3-6H,1-2H3. The summed E-state index contributed by atoms with van der Waals surface area (Å²) in [6, 6.07) is 25.8. The van der Waals surface area contributed by atoms with Gasteiger partial charge in [0.1, 0.15) is 0 Å². The number of benzene rings is 1. The number of aryl methyl sites for hydroxylation is 2. The lowest BCUT2D eigenvalue weighted by Crippen LogP contribution is -1.77. The highest BCUT2D eigenvalue weighted by Gasteiger charge is 2.04. The van der Waals surface area contributed by atoms with Crippen LogP contribution >= 0.6 is 68.3 Å². The van der Waals surface area contributed by atoms with Gasteiger partial charge in [-0.2, -0.15) is 0 Å². The predicted octanol–water partition coefficient (Wildman–Crippen LogP) is 16.8. The molecule has 0 saturated carbocycles. The van der Waals surface area contributed by atoms with Crippen LogP contribution in [0.3, 0.4) is 0 Å². The summed E-state index contributed by atoms with van der Waals surface area (Å²) >= 11 is 14.9. The molecule has 1 aromatic carbocycles. The first-order valence-corrected chi connectivity index (χ1v) is 21.1. The second-order valence-electron chi connectivity index (χ2n) is 13.1. The van der Waals surface area contributed by atoms with Gasteiger partial charge in [-0.05, 0) is 114 Å². The second kappa shape index (κ2) is 21.4. The first-order chi connectivity index (χ1) is 22.2. The van der Waals surface area contributed by atoms with Gasteiger partial charge in [-0.1, -0.05) is 105 Å². The van der Waals surface area contributed by atoms with Crippen LogP contribution in [-0.4, -0.2) is 0 Å². The Bertz CT molecular complexity index is 1520. The topological polar surface area (TPSA) is 0 Å². The van der Waals surface area contributed by atoms with Crippen molar-refractivity contribution in [1.82, 2.24) is 0 Å². The van der Waals surface area contributed by atoms with Crippen LogP contribution in [0.25, 0.3) is 10.1 Å². The third-order valence-corrected chi connectivity index (χ3v) is 13.7. The highest BCUT2D eigenvalue weighted by Crippen LogP contribution is 2.30. The minimum atomic E-state index is 0.613. The molecule has 0 saturated heterocycles. The second-order valence-corrected chi connectivity index (χ2v) is 19.2. The first-order valence-electron chi connectivity index (χ1n) is 16.6. The Morgan fingerprint density at radius 2 is 1.06 bits per heavy atom. The predicted molar refractivity (Wildman–Crippen MR) is 224 cm³/mol. The molecule has 5 aromatic heterocycles. The summed E-state index contributed by atoms with van der Waals surface area (Å²) in [6.07, 6.45) is 0. The van der Waals surface area contributed by atoms with Gasteiger partial charge < -0.3 is 0 Å². The van der Waals surface area contributed by atoms with E-state index in [0.717, 1.165) is 4.34 Å². The number of fused-ring (bicyclic) bond motifs is 1. The SMILES string of the molecule is CC(C)c1cc2ccccc2s1.CC(C)c1ccc(Cl)s1.CC(C)c1cccs1.Cc1ccc(C(C)C)s1.Cc1csc(C(C)C)c1. The van der Waals surface area contributed by atoms with Crippen molar-refractivity contribution in [3.63, 3.8) is 0 Å². The fourth-order valence-corrected chi connectivity index (χ4v) is 8.73. The molecule has 0 spiro atoms. The Morgan fingerprint density at radius 1 is 0.489 bits per heavy atom. The van der Waals surface area contributed by atoms with Crippen LogP contribution in [0.5, 0.6) is 0 Å². The fourth-order valence-electron chi connectivity index (χ4n) is 4.07. The molecule has 0 fully saturated rings. The third-order valence-electron chi connectivity index (χ3n) is 6.94. The van der Waals surface area contributed by atoms with Gasteiger partial charge in [0.05, 0.1) is 4.34 Å². The first kappa shape index (κ1) is 41.4. The molecule has 0 radical (unpaired) electrons. The van der Waals surface area contributed by atoms with Gasteiger partial charge in [-0.3, -0.25) is 0 Å². The van der Waals surface area contributed by atoms with Crippen molar-refractivity contribution in [2.24, 2.45) is 0 Å².